The highest BCUT2D eigenvalue weighted by atomic mass is 32.1. The Morgan fingerprint density at radius 2 is 1.96 bits per heavy atom. The Morgan fingerprint density at radius 1 is 1.13 bits per heavy atom. The van der Waals surface area contributed by atoms with Crippen LogP contribution < -0.4 is 0 Å². The Hall–Kier alpha value is -1.90. The van der Waals surface area contributed by atoms with Crippen LogP contribution in [0, 0.1) is 6.92 Å². The summed E-state index contributed by atoms with van der Waals surface area (Å²) < 4.78 is 0. The van der Waals surface area contributed by atoms with Gasteiger partial charge in [0, 0.05) is 22.3 Å². The fourth-order valence-electron chi connectivity index (χ4n) is 3.61. The molecule has 1 aliphatic rings. The Bertz CT molecular complexity index is 869. The molecule has 0 saturated carbocycles. The molecular weight excluding hydrogens is 298 g/mol. The second kappa shape index (κ2) is 5.95. The van der Waals surface area contributed by atoms with Crippen LogP contribution in [0.5, 0.6) is 0 Å². The standard InChI is InChI=1S/C21H21NS/c1-15-11-12-18(23-15)9-5-13-22(2)20-14-17-8-3-6-16-7-4-10-19(20)21(16)17/h3-12,20H,13-14H2,1-2H3/b9-5+. The van der Waals surface area contributed by atoms with E-state index in [0.29, 0.717) is 6.04 Å². The summed E-state index contributed by atoms with van der Waals surface area (Å²) in [6, 6.07) is 18.3. The molecule has 2 aromatic carbocycles. The summed E-state index contributed by atoms with van der Waals surface area (Å²) >= 11 is 1.85. The molecule has 1 aliphatic carbocycles. The number of hydrogen-bond acceptors (Lipinski definition) is 2. The van der Waals surface area contributed by atoms with E-state index in [1.54, 1.807) is 0 Å². The largest absolute Gasteiger partial charge is 0.295 e. The highest BCUT2D eigenvalue weighted by Crippen LogP contribution is 2.39. The van der Waals surface area contributed by atoms with E-state index >= 15 is 0 Å². The number of aryl methyl sites for hydroxylation is 1. The van der Waals surface area contributed by atoms with Crippen LogP contribution in [0.2, 0.25) is 0 Å². The average Bonchev–Trinajstić information content (AvgIpc) is 3.13. The van der Waals surface area contributed by atoms with E-state index in [-0.39, 0.29) is 0 Å². The van der Waals surface area contributed by atoms with E-state index in [1.165, 1.54) is 31.7 Å². The number of nitrogens with zero attached hydrogens (tertiary/aromatic N) is 1. The van der Waals surface area contributed by atoms with Gasteiger partial charge in [-0.05, 0) is 60.5 Å². The summed E-state index contributed by atoms with van der Waals surface area (Å²) in [6.07, 6.45) is 5.66. The Kier molecular flexibility index (Phi) is 3.80. The summed E-state index contributed by atoms with van der Waals surface area (Å²) in [4.78, 5) is 5.18. The monoisotopic (exact) mass is 319 g/mol. The molecule has 0 saturated heterocycles. The van der Waals surface area contributed by atoms with Gasteiger partial charge in [0.2, 0.25) is 0 Å². The van der Waals surface area contributed by atoms with Crippen molar-refractivity contribution in [1.82, 2.24) is 4.90 Å². The molecule has 1 nitrogen and oxygen atoms in total. The second-order valence-corrected chi connectivity index (χ2v) is 7.69. The first-order valence-electron chi connectivity index (χ1n) is 8.16. The normalized spacial score (nSPS) is 16.9. The molecule has 0 fully saturated rings. The van der Waals surface area contributed by atoms with Gasteiger partial charge in [-0.3, -0.25) is 4.90 Å². The van der Waals surface area contributed by atoms with Crippen LogP contribution in [0.25, 0.3) is 16.8 Å². The van der Waals surface area contributed by atoms with E-state index in [2.05, 4.69) is 79.6 Å². The van der Waals surface area contributed by atoms with Crippen molar-refractivity contribution in [3.63, 3.8) is 0 Å². The lowest BCUT2D eigenvalue weighted by Crippen LogP contribution is -2.24. The maximum atomic E-state index is 2.46. The van der Waals surface area contributed by atoms with Gasteiger partial charge in [-0.1, -0.05) is 42.5 Å². The highest BCUT2D eigenvalue weighted by molar-refractivity contribution is 7.12. The SMILES string of the molecule is Cc1ccc(/C=C/CN(C)C2Cc3cccc4cccc2c34)s1. The number of rotatable bonds is 4. The van der Waals surface area contributed by atoms with Gasteiger partial charge in [0.1, 0.15) is 0 Å². The lowest BCUT2D eigenvalue weighted by Gasteiger charge is -2.24. The van der Waals surface area contributed by atoms with E-state index in [1.807, 2.05) is 11.3 Å². The fraction of sp³-hybridized carbons (Fsp3) is 0.238. The van der Waals surface area contributed by atoms with Crippen molar-refractivity contribution in [3.05, 3.63) is 75.5 Å². The van der Waals surface area contributed by atoms with Crippen LogP contribution in [0.1, 0.15) is 26.9 Å². The van der Waals surface area contributed by atoms with E-state index in [4.69, 9.17) is 0 Å². The lowest BCUT2D eigenvalue weighted by molar-refractivity contribution is 0.276. The molecule has 0 spiro atoms. The minimum atomic E-state index is 0.492. The molecule has 1 atom stereocenters. The smallest absolute Gasteiger partial charge is 0.0395 e. The van der Waals surface area contributed by atoms with Gasteiger partial charge in [0.15, 0.2) is 0 Å². The molecule has 4 rings (SSSR count). The van der Waals surface area contributed by atoms with Crippen molar-refractivity contribution in [1.29, 1.82) is 0 Å². The van der Waals surface area contributed by atoms with Crippen LogP contribution in [0.4, 0.5) is 0 Å². The molecule has 1 unspecified atom stereocenters. The Morgan fingerprint density at radius 3 is 2.74 bits per heavy atom. The van der Waals surface area contributed by atoms with Crippen LogP contribution >= 0.6 is 11.3 Å². The van der Waals surface area contributed by atoms with Crippen molar-refractivity contribution in [3.8, 4) is 0 Å². The molecule has 0 radical (unpaired) electrons. The van der Waals surface area contributed by atoms with Gasteiger partial charge in [0.05, 0.1) is 0 Å². The zero-order valence-corrected chi connectivity index (χ0v) is 14.4. The van der Waals surface area contributed by atoms with Gasteiger partial charge in [-0.15, -0.1) is 11.3 Å². The van der Waals surface area contributed by atoms with Gasteiger partial charge >= 0.3 is 0 Å². The summed E-state index contributed by atoms with van der Waals surface area (Å²) in [5, 5.41) is 2.85. The van der Waals surface area contributed by atoms with Gasteiger partial charge < -0.3 is 0 Å². The van der Waals surface area contributed by atoms with E-state index in [0.717, 1.165) is 13.0 Å². The van der Waals surface area contributed by atoms with Gasteiger partial charge in [-0.25, -0.2) is 0 Å². The van der Waals surface area contributed by atoms with Gasteiger partial charge in [-0.2, -0.15) is 0 Å². The quantitative estimate of drug-likeness (QED) is 0.618. The third-order valence-corrected chi connectivity index (χ3v) is 5.73. The van der Waals surface area contributed by atoms with Crippen LogP contribution in [-0.2, 0) is 6.42 Å². The summed E-state index contributed by atoms with van der Waals surface area (Å²) in [5.41, 5.74) is 2.98. The number of likely N-dealkylation sites (N-methyl/N-ethyl adjacent to an activating group) is 1. The minimum Gasteiger partial charge on any atom is -0.295 e. The van der Waals surface area contributed by atoms with E-state index < -0.39 is 0 Å². The van der Waals surface area contributed by atoms with Crippen molar-refractivity contribution >= 4 is 28.2 Å². The first kappa shape index (κ1) is 14.7. The predicted octanol–water partition coefficient (Wildman–Crippen LogP) is 5.45. The van der Waals surface area contributed by atoms with Crippen LogP contribution in [-0.4, -0.2) is 18.5 Å². The molecular formula is C21H21NS. The molecule has 0 bridgehead atoms. The Labute approximate surface area is 141 Å². The highest BCUT2D eigenvalue weighted by Gasteiger charge is 2.26. The second-order valence-electron chi connectivity index (χ2n) is 6.37. The van der Waals surface area contributed by atoms with Crippen molar-refractivity contribution in [2.24, 2.45) is 0 Å². The third kappa shape index (κ3) is 2.73. The van der Waals surface area contributed by atoms with E-state index in [9.17, 15) is 0 Å². The molecule has 0 aliphatic heterocycles. The maximum Gasteiger partial charge on any atom is 0.0395 e. The third-order valence-electron chi connectivity index (χ3n) is 4.76. The molecule has 0 N–H and O–H groups in total. The van der Waals surface area contributed by atoms with Crippen molar-refractivity contribution < 1.29 is 0 Å². The number of benzene rings is 2. The fourth-order valence-corrected chi connectivity index (χ4v) is 4.42. The predicted molar refractivity (Wildman–Crippen MR) is 101 cm³/mol. The summed E-state index contributed by atoms with van der Waals surface area (Å²) in [6.45, 7) is 3.14. The molecule has 1 heterocycles. The van der Waals surface area contributed by atoms with Gasteiger partial charge in [0.25, 0.3) is 0 Å². The number of hydrogen-bond donors (Lipinski definition) is 0. The molecule has 116 valence electrons. The first-order valence-corrected chi connectivity index (χ1v) is 8.98. The summed E-state index contributed by atoms with van der Waals surface area (Å²) in [7, 11) is 2.24. The van der Waals surface area contributed by atoms with Crippen molar-refractivity contribution in [2.75, 3.05) is 13.6 Å². The minimum absolute atomic E-state index is 0.492. The zero-order chi connectivity index (χ0) is 15.8. The molecule has 2 heteroatoms. The summed E-state index contributed by atoms with van der Waals surface area (Å²) in [5.74, 6) is 0. The van der Waals surface area contributed by atoms with Crippen LogP contribution in [0.15, 0.2) is 54.6 Å². The molecule has 1 aromatic heterocycles. The Balaban J connectivity index is 1.53. The molecule has 3 aromatic rings. The van der Waals surface area contributed by atoms with Crippen molar-refractivity contribution in [2.45, 2.75) is 19.4 Å². The maximum absolute atomic E-state index is 2.46. The molecule has 0 amide bonds. The van der Waals surface area contributed by atoms with Crippen LogP contribution in [0.3, 0.4) is 0 Å². The topological polar surface area (TPSA) is 3.24 Å². The lowest BCUT2D eigenvalue weighted by atomic mass is 10.0. The number of thiophene rings is 1. The average molecular weight is 319 g/mol. The zero-order valence-electron chi connectivity index (χ0n) is 13.6. The first-order chi connectivity index (χ1) is 11.2. The molecule has 23 heavy (non-hydrogen) atoms.